The summed E-state index contributed by atoms with van der Waals surface area (Å²) >= 11 is 0. The van der Waals surface area contributed by atoms with Crippen molar-refractivity contribution in [2.24, 2.45) is 5.73 Å². The highest BCUT2D eigenvalue weighted by molar-refractivity contribution is 5.94. The Balaban J connectivity index is 2.59. The van der Waals surface area contributed by atoms with E-state index in [-0.39, 0.29) is 17.0 Å². The number of nitrogen functional groups attached to an aromatic ring is 1. The molecular formula is C17H21N3O. The number of nitrogens with zero attached hydrogens (tertiary/aromatic N) is 1. The monoisotopic (exact) mass is 283 g/mol. The summed E-state index contributed by atoms with van der Waals surface area (Å²) in [5.41, 5.74) is 8.63. The van der Waals surface area contributed by atoms with E-state index in [4.69, 9.17) is 11.1 Å². The molecule has 0 fully saturated rings. The van der Waals surface area contributed by atoms with Crippen LogP contribution in [0.3, 0.4) is 0 Å². The van der Waals surface area contributed by atoms with Gasteiger partial charge in [0.15, 0.2) is 0 Å². The molecule has 0 radical (unpaired) electrons. The summed E-state index contributed by atoms with van der Waals surface area (Å²) in [4.78, 5) is 12.5. The minimum absolute atomic E-state index is 0.180. The highest BCUT2D eigenvalue weighted by Gasteiger charge is 2.11. The van der Waals surface area contributed by atoms with E-state index in [2.05, 4.69) is 6.92 Å². The van der Waals surface area contributed by atoms with Crippen molar-refractivity contribution in [3.05, 3.63) is 57.9 Å². The largest absolute Gasteiger partial charge is 0.384 e. The second kappa shape index (κ2) is 6.39. The number of hydrogen-bond acceptors (Lipinski definition) is 2. The van der Waals surface area contributed by atoms with Gasteiger partial charge in [-0.15, -0.1) is 0 Å². The number of nitrogens with two attached hydrogens (primary N) is 1. The van der Waals surface area contributed by atoms with Gasteiger partial charge < -0.3 is 10.3 Å². The molecule has 4 heteroatoms. The van der Waals surface area contributed by atoms with Crippen LogP contribution in [-0.4, -0.2) is 10.4 Å². The van der Waals surface area contributed by atoms with Crippen LogP contribution in [0.5, 0.6) is 0 Å². The van der Waals surface area contributed by atoms with Gasteiger partial charge >= 0.3 is 0 Å². The van der Waals surface area contributed by atoms with Gasteiger partial charge in [-0.25, -0.2) is 0 Å². The minimum Gasteiger partial charge on any atom is -0.384 e. The quantitative estimate of drug-likeness (QED) is 0.654. The first-order valence-corrected chi connectivity index (χ1v) is 7.20. The van der Waals surface area contributed by atoms with Crippen LogP contribution in [0.4, 0.5) is 0 Å². The number of amidine groups is 1. The number of aryl methyl sites for hydroxylation is 1. The highest BCUT2D eigenvalue weighted by atomic mass is 16.1. The molecule has 0 saturated heterocycles. The predicted molar refractivity (Wildman–Crippen MR) is 86.8 cm³/mol. The van der Waals surface area contributed by atoms with Crippen LogP contribution >= 0.6 is 0 Å². The van der Waals surface area contributed by atoms with E-state index in [9.17, 15) is 4.79 Å². The number of pyridine rings is 1. The minimum atomic E-state index is -0.186. The Kier molecular flexibility index (Phi) is 4.58. The van der Waals surface area contributed by atoms with Crippen LogP contribution in [0.25, 0.3) is 11.3 Å². The van der Waals surface area contributed by atoms with E-state index in [0.29, 0.717) is 6.54 Å². The molecule has 2 aromatic rings. The average Bonchev–Trinajstić information content (AvgIpc) is 2.46. The zero-order chi connectivity index (χ0) is 15.4. The van der Waals surface area contributed by atoms with Crippen molar-refractivity contribution >= 4 is 5.84 Å². The van der Waals surface area contributed by atoms with Gasteiger partial charge in [0.05, 0.1) is 11.3 Å². The molecule has 1 aromatic heterocycles. The maximum absolute atomic E-state index is 12.5. The molecule has 0 aliphatic rings. The van der Waals surface area contributed by atoms with E-state index < -0.39 is 0 Å². The molecule has 2 rings (SSSR count). The fourth-order valence-corrected chi connectivity index (χ4v) is 2.30. The maximum Gasteiger partial charge on any atom is 0.262 e. The first-order valence-electron chi connectivity index (χ1n) is 7.20. The summed E-state index contributed by atoms with van der Waals surface area (Å²) in [6.45, 7) is 4.76. The molecule has 0 saturated carbocycles. The molecule has 4 nitrogen and oxygen atoms in total. The standard InChI is InChI=1S/C17H21N3O/c1-3-4-11-20-15(13-7-5-12(2)6-8-13)10-9-14(16(18)19)17(20)21/h5-10H,3-4,11H2,1-2H3,(H3,18,19). The Morgan fingerprint density at radius 2 is 1.86 bits per heavy atom. The van der Waals surface area contributed by atoms with E-state index in [1.807, 2.05) is 37.3 Å². The normalized spacial score (nSPS) is 10.6. The Morgan fingerprint density at radius 1 is 1.19 bits per heavy atom. The third-order valence-corrected chi connectivity index (χ3v) is 3.55. The molecule has 0 spiro atoms. The van der Waals surface area contributed by atoms with Crippen molar-refractivity contribution in [1.82, 2.24) is 4.57 Å². The van der Waals surface area contributed by atoms with Crippen molar-refractivity contribution in [1.29, 1.82) is 5.41 Å². The number of rotatable bonds is 5. The van der Waals surface area contributed by atoms with Crippen molar-refractivity contribution in [3.63, 3.8) is 0 Å². The lowest BCUT2D eigenvalue weighted by atomic mass is 10.1. The van der Waals surface area contributed by atoms with Gasteiger partial charge in [-0.05, 0) is 31.0 Å². The fourth-order valence-electron chi connectivity index (χ4n) is 2.30. The van der Waals surface area contributed by atoms with E-state index in [1.165, 1.54) is 5.56 Å². The topological polar surface area (TPSA) is 71.9 Å². The van der Waals surface area contributed by atoms with E-state index in [1.54, 1.807) is 10.6 Å². The molecule has 1 aromatic carbocycles. The number of aromatic nitrogens is 1. The van der Waals surface area contributed by atoms with Gasteiger partial charge in [-0.1, -0.05) is 43.2 Å². The van der Waals surface area contributed by atoms with Crippen molar-refractivity contribution in [2.45, 2.75) is 33.2 Å². The van der Waals surface area contributed by atoms with Gasteiger partial charge in [0, 0.05) is 6.54 Å². The molecule has 0 atom stereocenters. The predicted octanol–water partition coefficient (Wildman–Crippen LogP) is 2.91. The second-order valence-electron chi connectivity index (χ2n) is 5.22. The molecule has 0 aliphatic heterocycles. The Hall–Kier alpha value is -2.36. The summed E-state index contributed by atoms with van der Waals surface area (Å²) in [6.07, 6.45) is 1.92. The lowest BCUT2D eigenvalue weighted by molar-refractivity contribution is 0.618. The summed E-state index contributed by atoms with van der Waals surface area (Å²) < 4.78 is 1.73. The van der Waals surface area contributed by atoms with Gasteiger partial charge in [0.25, 0.3) is 5.56 Å². The smallest absolute Gasteiger partial charge is 0.262 e. The van der Waals surface area contributed by atoms with E-state index >= 15 is 0 Å². The Bertz CT molecular complexity index is 699. The number of hydrogen-bond donors (Lipinski definition) is 2. The average molecular weight is 283 g/mol. The first kappa shape index (κ1) is 15.0. The molecule has 0 bridgehead atoms. The van der Waals surface area contributed by atoms with E-state index in [0.717, 1.165) is 24.1 Å². The molecule has 110 valence electrons. The fraction of sp³-hybridized carbons (Fsp3) is 0.294. The van der Waals surface area contributed by atoms with Gasteiger partial charge in [-0.2, -0.15) is 0 Å². The van der Waals surface area contributed by atoms with Gasteiger partial charge in [-0.3, -0.25) is 10.2 Å². The first-order chi connectivity index (χ1) is 10.0. The molecule has 0 amide bonds. The van der Waals surface area contributed by atoms with Crippen LogP contribution in [0.1, 0.15) is 30.9 Å². The Morgan fingerprint density at radius 3 is 2.43 bits per heavy atom. The summed E-state index contributed by atoms with van der Waals surface area (Å²) in [5.74, 6) is -0.180. The van der Waals surface area contributed by atoms with Crippen LogP contribution in [0.2, 0.25) is 0 Å². The second-order valence-corrected chi connectivity index (χ2v) is 5.22. The van der Waals surface area contributed by atoms with Crippen LogP contribution in [-0.2, 0) is 6.54 Å². The zero-order valence-corrected chi connectivity index (χ0v) is 12.5. The maximum atomic E-state index is 12.5. The third kappa shape index (κ3) is 3.21. The van der Waals surface area contributed by atoms with Gasteiger partial charge in [0.1, 0.15) is 5.84 Å². The van der Waals surface area contributed by atoms with Crippen molar-refractivity contribution in [2.75, 3.05) is 0 Å². The summed E-state index contributed by atoms with van der Waals surface area (Å²) in [6, 6.07) is 11.6. The van der Waals surface area contributed by atoms with Crippen LogP contribution in [0, 0.1) is 12.3 Å². The third-order valence-electron chi connectivity index (χ3n) is 3.55. The van der Waals surface area contributed by atoms with Crippen molar-refractivity contribution < 1.29 is 0 Å². The Labute approximate surface area is 124 Å². The lowest BCUT2D eigenvalue weighted by Gasteiger charge is -2.14. The van der Waals surface area contributed by atoms with Crippen LogP contribution < -0.4 is 11.3 Å². The summed E-state index contributed by atoms with van der Waals surface area (Å²) in [5, 5.41) is 7.52. The number of benzene rings is 1. The highest BCUT2D eigenvalue weighted by Crippen LogP contribution is 2.19. The molecule has 0 aliphatic carbocycles. The zero-order valence-electron chi connectivity index (χ0n) is 12.5. The van der Waals surface area contributed by atoms with Gasteiger partial charge in [0.2, 0.25) is 0 Å². The number of nitrogens with one attached hydrogen (secondary N) is 1. The molecular weight excluding hydrogens is 262 g/mol. The number of unbranched alkanes of at least 4 members (excludes halogenated alkanes) is 1. The van der Waals surface area contributed by atoms with Crippen LogP contribution in [0.15, 0.2) is 41.2 Å². The summed E-state index contributed by atoms with van der Waals surface area (Å²) in [7, 11) is 0. The van der Waals surface area contributed by atoms with Crippen molar-refractivity contribution in [3.8, 4) is 11.3 Å². The molecule has 0 unspecified atom stereocenters. The molecule has 3 N–H and O–H groups in total. The lowest BCUT2D eigenvalue weighted by Crippen LogP contribution is -2.30. The molecule has 21 heavy (non-hydrogen) atoms. The molecule has 1 heterocycles. The SMILES string of the molecule is CCCCn1c(-c2ccc(C)cc2)ccc(C(=N)N)c1=O.